The first-order valence-electron chi connectivity index (χ1n) is 5.81. The van der Waals surface area contributed by atoms with E-state index in [1.807, 2.05) is 6.92 Å². The van der Waals surface area contributed by atoms with Crippen molar-refractivity contribution in [1.82, 2.24) is 0 Å². The van der Waals surface area contributed by atoms with Gasteiger partial charge in [0.15, 0.2) is 5.78 Å². The molecule has 1 aliphatic rings. The molecule has 104 valence electrons. The number of carbonyl (C=O) groups is 1. The van der Waals surface area contributed by atoms with Crippen molar-refractivity contribution in [3.8, 4) is 0 Å². The smallest absolute Gasteiger partial charge is 0.283 e. The number of hydrogen-bond acceptors (Lipinski definition) is 3. The summed E-state index contributed by atoms with van der Waals surface area (Å²) in [5, 5.41) is 0. The molecule has 1 aliphatic carbocycles. The van der Waals surface area contributed by atoms with Crippen LogP contribution in [0.2, 0.25) is 0 Å². The fraction of sp³-hybridized carbons (Fsp3) is 0.143. The van der Waals surface area contributed by atoms with Crippen molar-refractivity contribution < 1.29 is 13.2 Å². The average Bonchev–Trinajstić information content (AvgIpc) is 2.33. The normalized spacial score (nSPS) is 17.4. The highest BCUT2D eigenvalue weighted by Gasteiger charge is 2.17. The molecule has 6 heteroatoms. The Balaban J connectivity index is 2.47. The SMILES string of the molecule is Cc1ccc(S(=O)(=O)N=C2C=CC(=O)C(Br)=C2)c(C)c1. The van der Waals surface area contributed by atoms with Gasteiger partial charge < -0.3 is 0 Å². The van der Waals surface area contributed by atoms with Crippen LogP contribution >= 0.6 is 15.9 Å². The molecule has 0 saturated carbocycles. The molecule has 1 aromatic rings. The van der Waals surface area contributed by atoms with Gasteiger partial charge in [0.1, 0.15) is 0 Å². The Morgan fingerprint density at radius 2 is 1.85 bits per heavy atom. The number of hydrogen-bond donors (Lipinski definition) is 0. The fourth-order valence-corrected chi connectivity index (χ4v) is 3.39. The van der Waals surface area contributed by atoms with E-state index in [0.717, 1.165) is 5.56 Å². The predicted octanol–water partition coefficient (Wildman–Crippen LogP) is 2.85. The second-order valence-electron chi connectivity index (χ2n) is 4.45. The van der Waals surface area contributed by atoms with Gasteiger partial charge in [-0.05, 0) is 59.6 Å². The first kappa shape index (κ1) is 14.9. The van der Waals surface area contributed by atoms with Crippen LogP contribution in [0.15, 0.2) is 50.2 Å². The quantitative estimate of drug-likeness (QED) is 0.768. The first-order chi connectivity index (χ1) is 9.29. The first-order valence-corrected chi connectivity index (χ1v) is 8.05. The second kappa shape index (κ2) is 5.46. The Morgan fingerprint density at radius 3 is 2.45 bits per heavy atom. The van der Waals surface area contributed by atoms with Gasteiger partial charge in [-0.3, -0.25) is 4.79 Å². The van der Waals surface area contributed by atoms with E-state index >= 15 is 0 Å². The molecule has 0 aromatic heterocycles. The molecular weight excluding hydrogens is 342 g/mol. The van der Waals surface area contributed by atoms with E-state index in [-0.39, 0.29) is 20.9 Å². The molecule has 0 N–H and O–H groups in total. The molecule has 0 unspecified atom stereocenters. The molecule has 4 nitrogen and oxygen atoms in total. The summed E-state index contributed by atoms with van der Waals surface area (Å²) in [6.45, 7) is 3.62. The van der Waals surface area contributed by atoms with Gasteiger partial charge in [-0.1, -0.05) is 17.7 Å². The lowest BCUT2D eigenvalue weighted by atomic mass is 10.2. The van der Waals surface area contributed by atoms with Gasteiger partial charge in [0.2, 0.25) is 0 Å². The summed E-state index contributed by atoms with van der Waals surface area (Å²) in [7, 11) is -3.79. The van der Waals surface area contributed by atoms with Crippen molar-refractivity contribution in [2.45, 2.75) is 18.7 Å². The van der Waals surface area contributed by atoms with Gasteiger partial charge in [-0.2, -0.15) is 12.8 Å². The Hall–Kier alpha value is -1.53. The molecule has 0 heterocycles. The monoisotopic (exact) mass is 353 g/mol. The van der Waals surface area contributed by atoms with Crippen LogP contribution in [0.5, 0.6) is 0 Å². The lowest BCUT2D eigenvalue weighted by Gasteiger charge is -2.06. The van der Waals surface area contributed by atoms with E-state index < -0.39 is 10.0 Å². The van der Waals surface area contributed by atoms with Gasteiger partial charge in [0.05, 0.1) is 15.1 Å². The van der Waals surface area contributed by atoms with Crippen LogP contribution < -0.4 is 0 Å². The zero-order chi connectivity index (χ0) is 14.9. The van der Waals surface area contributed by atoms with Crippen LogP contribution in [0.25, 0.3) is 0 Å². The number of ketones is 1. The third-order valence-electron chi connectivity index (χ3n) is 2.75. The molecule has 0 spiro atoms. The lowest BCUT2D eigenvalue weighted by molar-refractivity contribution is -0.110. The van der Waals surface area contributed by atoms with Crippen molar-refractivity contribution in [2.75, 3.05) is 0 Å². The van der Waals surface area contributed by atoms with Crippen LogP contribution in [-0.4, -0.2) is 19.9 Å². The van der Waals surface area contributed by atoms with Gasteiger partial charge in [0, 0.05) is 0 Å². The van der Waals surface area contributed by atoms with Crippen molar-refractivity contribution in [1.29, 1.82) is 0 Å². The number of carbonyl (C=O) groups excluding carboxylic acids is 1. The third kappa shape index (κ3) is 3.13. The number of halogens is 1. The minimum Gasteiger partial charge on any atom is -0.289 e. The number of nitrogens with zero attached hydrogens (tertiary/aromatic N) is 1. The molecule has 0 atom stereocenters. The lowest BCUT2D eigenvalue weighted by Crippen LogP contribution is -2.07. The molecule has 20 heavy (non-hydrogen) atoms. The van der Waals surface area contributed by atoms with Crippen LogP contribution in [-0.2, 0) is 14.8 Å². The molecule has 0 radical (unpaired) electrons. The second-order valence-corrected chi connectivity index (χ2v) is 6.88. The molecule has 1 aromatic carbocycles. The van der Waals surface area contributed by atoms with Gasteiger partial charge in [-0.25, -0.2) is 0 Å². The van der Waals surface area contributed by atoms with Gasteiger partial charge in [0.25, 0.3) is 10.0 Å². The minimum atomic E-state index is -3.79. The number of sulfonamides is 1. The van der Waals surface area contributed by atoms with E-state index in [0.29, 0.717) is 5.56 Å². The summed E-state index contributed by atoms with van der Waals surface area (Å²) in [6.07, 6.45) is 4.05. The largest absolute Gasteiger partial charge is 0.289 e. The highest BCUT2D eigenvalue weighted by molar-refractivity contribution is 9.12. The zero-order valence-electron chi connectivity index (χ0n) is 10.9. The summed E-state index contributed by atoms with van der Waals surface area (Å²) < 4.78 is 28.6. The maximum absolute atomic E-state index is 12.3. The Kier molecular flexibility index (Phi) is 4.06. The van der Waals surface area contributed by atoms with Crippen LogP contribution in [0.4, 0.5) is 0 Å². The van der Waals surface area contributed by atoms with Crippen molar-refractivity contribution in [2.24, 2.45) is 4.40 Å². The Labute approximate surface area is 126 Å². The maximum atomic E-state index is 12.3. The van der Waals surface area contributed by atoms with E-state index in [1.54, 1.807) is 25.1 Å². The van der Waals surface area contributed by atoms with Crippen molar-refractivity contribution in [3.63, 3.8) is 0 Å². The molecule has 2 rings (SSSR count). The molecule has 0 bridgehead atoms. The average molecular weight is 354 g/mol. The number of rotatable bonds is 2. The maximum Gasteiger partial charge on any atom is 0.283 e. The minimum absolute atomic E-state index is 0.172. The molecule has 0 aliphatic heterocycles. The fourth-order valence-electron chi connectivity index (χ4n) is 1.82. The molecule has 0 saturated heterocycles. The summed E-state index contributed by atoms with van der Waals surface area (Å²) in [4.78, 5) is 11.4. The van der Waals surface area contributed by atoms with E-state index in [1.165, 1.54) is 18.2 Å². The van der Waals surface area contributed by atoms with Gasteiger partial charge in [-0.15, -0.1) is 0 Å². The Bertz CT molecular complexity index is 774. The Morgan fingerprint density at radius 1 is 1.15 bits per heavy atom. The summed E-state index contributed by atoms with van der Waals surface area (Å²) in [6, 6.07) is 5.06. The zero-order valence-corrected chi connectivity index (χ0v) is 13.3. The summed E-state index contributed by atoms with van der Waals surface area (Å²) >= 11 is 3.07. The number of aryl methyl sites for hydroxylation is 2. The molecule has 0 fully saturated rings. The molecular formula is C14H12BrNO3S. The summed E-state index contributed by atoms with van der Waals surface area (Å²) in [5.74, 6) is -0.215. The standard InChI is InChI=1S/C14H12BrNO3S/c1-9-3-6-14(10(2)7-9)20(18,19)16-11-4-5-13(17)12(15)8-11/h3-8H,1-2H3. The van der Waals surface area contributed by atoms with E-state index in [9.17, 15) is 13.2 Å². The van der Waals surface area contributed by atoms with Crippen LogP contribution in [0.3, 0.4) is 0 Å². The predicted molar refractivity (Wildman–Crippen MR) is 81.7 cm³/mol. The highest BCUT2D eigenvalue weighted by Crippen LogP contribution is 2.20. The van der Waals surface area contributed by atoms with Crippen molar-refractivity contribution in [3.05, 3.63) is 52.0 Å². The van der Waals surface area contributed by atoms with Crippen molar-refractivity contribution >= 4 is 37.4 Å². The van der Waals surface area contributed by atoms with Crippen LogP contribution in [0, 0.1) is 13.8 Å². The van der Waals surface area contributed by atoms with E-state index in [4.69, 9.17) is 0 Å². The highest BCUT2D eigenvalue weighted by atomic mass is 79.9. The number of benzene rings is 1. The van der Waals surface area contributed by atoms with Gasteiger partial charge >= 0.3 is 0 Å². The summed E-state index contributed by atoms with van der Waals surface area (Å²) in [5.41, 5.74) is 1.85. The topological polar surface area (TPSA) is 63.6 Å². The molecule has 0 amide bonds. The third-order valence-corrected chi connectivity index (χ3v) is 4.83. The van der Waals surface area contributed by atoms with E-state index in [2.05, 4.69) is 20.3 Å². The number of allylic oxidation sites excluding steroid dienone is 4. The van der Waals surface area contributed by atoms with Crippen LogP contribution in [0.1, 0.15) is 11.1 Å².